The normalized spacial score (nSPS) is 11.7. The molecule has 1 rings (SSSR count). The Morgan fingerprint density at radius 2 is 0.944 bits per heavy atom. The van der Waals surface area contributed by atoms with Crippen molar-refractivity contribution in [2.24, 2.45) is 0 Å². The molecule has 0 saturated heterocycles. The lowest BCUT2D eigenvalue weighted by Gasteiger charge is -2.15. The minimum Gasteiger partial charge on any atom is -0.493 e. The minimum absolute atomic E-state index is 0.0924. The van der Waals surface area contributed by atoms with Gasteiger partial charge in [0, 0.05) is 25.5 Å². The van der Waals surface area contributed by atoms with E-state index in [4.69, 9.17) is 18.9 Å². The van der Waals surface area contributed by atoms with Gasteiger partial charge in [0.25, 0.3) is 0 Å². The maximum atomic E-state index is 12.2. The summed E-state index contributed by atoms with van der Waals surface area (Å²) in [4.78, 5) is 26.3. The van der Waals surface area contributed by atoms with Gasteiger partial charge < -0.3 is 23.8 Å². The molecule has 0 spiro atoms. The topological polar surface area (TPSA) is 74.3 Å². The van der Waals surface area contributed by atoms with Gasteiger partial charge in [-0.25, -0.2) is 0 Å². The molecule has 0 aliphatic heterocycles. The minimum atomic E-state index is -0.0949. The Morgan fingerprint density at radius 1 is 0.500 bits per heavy atom. The number of ether oxygens (including phenoxy) is 4. The summed E-state index contributed by atoms with van der Waals surface area (Å²) >= 11 is 0. The van der Waals surface area contributed by atoms with E-state index in [1.807, 2.05) is 20.2 Å². The van der Waals surface area contributed by atoms with Crippen LogP contribution in [0.3, 0.4) is 0 Å². The molecule has 0 N–H and O–H groups in total. The van der Waals surface area contributed by atoms with Crippen molar-refractivity contribution in [3.8, 4) is 11.5 Å². The summed E-state index contributed by atoms with van der Waals surface area (Å²) < 4.78 is 23.0. The van der Waals surface area contributed by atoms with Crippen LogP contribution in [0.25, 0.3) is 0 Å². The van der Waals surface area contributed by atoms with E-state index in [2.05, 4.69) is 67.3 Å². The molecule has 7 nitrogen and oxygen atoms in total. The Morgan fingerprint density at radius 3 is 1.44 bits per heavy atom. The highest BCUT2D eigenvalue weighted by molar-refractivity contribution is 5.69. The highest BCUT2D eigenvalue weighted by atomic mass is 16.5. The van der Waals surface area contributed by atoms with E-state index in [0.717, 1.165) is 101 Å². The Labute approximate surface area is 331 Å². The smallest absolute Gasteiger partial charge is 0.305 e. The zero-order chi connectivity index (χ0) is 39.2. The standard InChI is InChI=1S/C47H79NO6/c1-5-7-9-11-13-15-16-17-18-19-20-22-24-26-28-34-47(50)54-38-32-30-36-52-45-40-43(42-48(3)4)39-44(41-45)51-35-29-31-37-53-46(49)33-27-25-23-21-14-12-10-8-6-2/h10,12-13,15,17-18,39-41H,5-9,11,14,16,19-38,42H2,1-4H3. The van der Waals surface area contributed by atoms with Crippen molar-refractivity contribution in [2.45, 2.75) is 174 Å². The van der Waals surface area contributed by atoms with Crippen LogP contribution in [0.1, 0.15) is 174 Å². The molecule has 1 aromatic carbocycles. The third-order valence-corrected chi connectivity index (χ3v) is 9.03. The van der Waals surface area contributed by atoms with Gasteiger partial charge in [-0.2, -0.15) is 0 Å². The van der Waals surface area contributed by atoms with Crippen LogP contribution in [0, 0.1) is 0 Å². The summed E-state index contributed by atoms with van der Waals surface area (Å²) in [6, 6.07) is 6.05. The third kappa shape index (κ3) is 32.4. The van der Waals surface area contributed by atoms with Gasteiger partial charge >= 0.3 is 11.9 Å². The second-order valence-corrected chi connectivity index (χ2v) is 14.8. The van der Waals surface area contributed by atoms with E-state index in [-0.39, 0.29) is 11.9 Å². The Hall–Kier alpha value is -3.06. The molecular formula is C47H79NO6. The van der Waals surface area contributed by atoms with Crippen LogP contribution in [-0.4, -0.2) is 57.4 Å². The summed E-state index contributed by atoms with van der Waals surface area (Å²) in [5, 5.41) is 0. The highest BCUT2D eigenvalue weighted by Crippen LogP contribution is 2.24. The fraction of sp³-hybridized carbons (Fsp3) is 0.702. The molecule has 0 atom stereocenters. The molecule has 0 aromatic heterocycles. The number of nitrogens with zero attached hydrogens (tertiary/aromatic N) is 1. The molecule has 308 valence electrons. The number of hydrogen-bond donors (Lipinski definition) is 0. The van der Waals surface area contributed by atoms with Crippen LogP contribution in [-0.2, 0) is 25.6 Å². The number of benzene rings is 1. The van der Waals surface area contributed by atoms with E-state index < -0.39 is 0 Å². The SMILES string of the molecule is CCCC=CCCCCCCC(=O)OCCCCOc1cc(CN(C)C)cc(OCCCCOC(=O)CCCCCCCC=CCC=CCCCCC)c1. The Bertz CT molecular complexity index is 1130. The lowest BCUT2D eigenvalue weighted by molar-refractivity contribution is -0.144. The van der Waals surface area contributed by atoms with Gasteiger partial charge in [-0.1, -0.05) is 102 Å². The molecule has 0 amide bonds. The van der Waals surface area contributed by atoms with Gasteiger partial charge in [-0.15, -0.1) is 0 Å². The second kappa shape index (κ2) is 36.9. The number of allylic oxidation sites excluding steroid dienone is 6. The highest BCUT2D eigenvalue weighted by Gasteiger charge is 2.07. The molecule has 0 saturated carbocycles. The van der Waals surface area contributed by atoms with Gasteiger partial charge in [-0.05, 0) is 122 Å². The van der Waals surface area contributed by atoms with Gasteiger partial charge in [0.15, 0.2) is 0 Å². The van der Waals surface area contributed by atoms with Gasteiger partial charge in [-0.3, -0.25) is 9.59 Å². The van der Waals surface area contributed by atoms with E-state index in [0.29, 0.717) is 39.3 Å². The molecule has 54 heavy (non-hydrogen) atoms. The van der Waals surface area contributed by atoms with Crippen molar-refractivity contribution in [2.75, 3.05) is 40.5 Å². The summed E-state index contributed by atoms with van der Waals surface area (Å²) in [6.45, 7) is 7.19. The maximum Gasteiger partial charge on any atom is 0.305 e. The van der Waals surface area contributed by atoms with Gasteiger partial charge in [0.05, 0.1) is 26.4 Å². The zero-order valence-electron chi connectivity index (χ0n) is 35.1. The Kier molecular flexibility index (Phi) is 33.4. The van der Waals surface area contributed by atoms with Crippen LogP contribution in [0.2, 0.25) is 0 Å². The van der Waals surface area contributed by atoms with Crippen molar-refractivity contribution >= 4 is 11.9 Å². The van der Waals surface area contributed by atoms with Crippen LogP contribution in [0.4, 0.5) is 0 Å². The number of hydrogen-bond acceptors (Lipinski definition) is 7. The number of carbonyl (C=O) groups excluding carboxylic acids is 2. The van der Waals surface area contributed by atoms with Gasteiger partial charge in [0.2, 0.25) is 0 Å². The molecular weight excluding hydrogens is 675 g/mol. The summed E-state index contributed by atoms with van der Waals surface area (Å²) in [7, 11) is 4.08. The van der Waals surface area contributed by atoms with Crippen molar-refractivity contribution < 1.29 is 28.5 Å². The molecule has 0 heterocycles. The molecule has 0 aliphatic carbocycles. The van der Waals surface area contributed by atoms with Crippen molar-refractivity contribution in [1.82, 2.24) is 4.90 Å². The van der Waals surface area contributed by atoms with E-state index in [1.54, 1.807) is 0 Å². The molecule has 0 unspecified atom stereocenters. The first-order valence-corrected chi connectivity index (χ1v) is 21.7. The fourth-order valence-corrected chi connectivity index (χ4v) is 5.93. The Balaban J connectivity index is 2.13. The average Bonchev–Trinajstić information content (AvgIpc) is 3.15. The summed E-state index contributed by atoms with van der Waals surface area (Å²) in [5.41, 5.74) is 1.12. The molecule has 0 aliphatic rings. The average molecular weight is 754 g/mol. The van der Waals surface area contributed by atoms with E-state index in [1.165, 1.54) is 64.2 Å². The second-order valence-electron chi connectivity index (χ2n) is 14.8. The van der Waals surface area contributed by atoms with E-state index >= 15 is 0 Å². The monoisotopic (exact) mass is 754 g/mol. The lowest BCUT2D eigenvalue weighted by Crippen LogP contribution is -2.11. The number of unbranched alkanes of at least 4 members (excludes halogenated alkanes) is 15. The first kappa shape index (κ1) is 49.0. The van der Waals surface area contributed by atoms with Crippen LogP contribution in [0.15, 0.2) is 54.7 Å². The largest absolute Gasteiger partial charge is 0.493 e. The third-order valence-electron chi connectivity index (χ3n) is 9.03. The molecule has 0 bridgehead atoms. The molecule has 0 fully saturated rings. The van der Waals surface area contributed by atoms with Gasteiger partial charge in [0.1, 0.15) is 11.5 Å². The van der Waals surface area contributed by atoms with Crippen LogP contribution < -0.4 is 9.47 Å². The fourth-order valence-electron chi connectivity index (χ4n) is 5.93. The number of rotatable bonds is 37. The zero-order valence-corrected chi connectivity index (χ0v) is 35.1. The lowest BCUT2D eigenvalue weighted by atomic mass is 10.1. The quantitative estimate of drug-likeness (QED) is 0.0380. The summed E-state index contributed by atoms with van der Waals surface area (Å²) in [6.07, 6.45) is 38.6. The van der Waals surface area contributed by atoms with Crippen LogP contribution >= 0.6 is 0 Å². The predicted octanol–water partition coefficient (Wildman–Crippen LogP) is 12.7. The van der Waals surface area contributed by atoms with Crippen molar-refractivity contribution in [3.63, 3.8) is 0 Å². The molecule has 7 heteroatoms. The summed E-state index contributed by atoms with van der Waals surface area (Å²) in [5.74, 6) is 1.38. The number of carbonyl (C=O) groups is 2. The molecule has 1 aromatic rings. The van der Waals surface area contributed by atoms with Crippen molar-refractivity contribution in [3.05, 3.63) is 60.2 Å². The van der Waals surface area contributed by atoms with Crippen molar-refractivity contribution in [1.29, 1.82) is 0 Å². The maximum absolute atomic E-state index is 12.2. The first-order chi connectivity index (χ1) is 26.4. The molecule has 0 radical (unpaired) electrons. The first-order valence-electron chi connectivity index (χ1n) is 21.7. The number of esters is 2. The predicted molar refractivity (Wildman–Crippen MR) is 226 cm³/mol. The van der Waals surface area contributed by atoms with Crippen LogP contribution in [0.5, 0.6) is 11.5 Å². The van der Waals surface area contributed by atoms with E-state index in [9.17, 15) is 9.59 Å².